The zero-order valence-corrected chi connectivity index (χ0v) is 11.6. The maximum Gasteiger partial charge on any atom is 0.123 e. The predicted molar refractivity (Wildman–Crippen MR) is 76.3 cm³/mol. The van der Waals surface area contributed by atoms with E-state index in [-0.39, 0.29) is 17.9 Å². The molecule has 0 aromatic heterocycles. The molecule has 1 aromatic rings. The summed E-state index contributed by atoms with van der Waals surface area (Å²) in [6.45, 7) is 4.18. The molecule has 1 aliphatic heterocycles. The van der Waals surface area contributed by atoms with Gasteiger partial charge in [0.05, 0.1) is 0 Å². The summed E-state index contributed by atoms with van der Waals surface area (Å²) in [4.78, 5) is 2.44. The molecule has 2 atom stereocenters. The van der Waals surface area contributed by atoms with E-state index in [1.165, 1.54) is 24.3 Å². The van der Waals surface area contributed by atoms with Gasteiger partial charge in [0.15, 0.2) is 0 Å². The molecule has 0 saturated carbocycles. The molecule has 0 radical (unpaired) electrons. The number of thioether (sulfide) groups is 1. The van der Waals surface area contributed by atoms with E-state index in [2.05, 4.69) is 4.90 Å². The van der Waals surface area contributed by atoms with E-state index in [9.17, 15) is 4.39 Å². The quantitative estimate of drug-likeness (QED) is 0.914. The Morgan fingerprint density at radius 2 is 1.94 bits per heavy atom. The molecule has 0 amide bonds. The van der Waals surface area contributed by atoms with Crippen LogP contribution in [0.15, 0.2) is 24.3 Å². The first kappa shape index (κ1) is 13.8. The van der Waals surface area contributed by atoms with Gasteiger partial charge in [0, 0.05) is 24.4 Å². The second kappa shape index (κ2) is 6.55. The zero-order valence-electron chi connectivity index (χ0n) is 10.8. The Labute approximate surface area is 113 Å². The maximum absolute atomic E-state index is 13.0. The van der Waals surface area contributed by atoms with E-state index < -0.39 is 0 Å². The molecular weight excluding hydrogens is 247 g/mol. The van der Waals surface area contributed by atoms with Crippen molar-refractivity contribution >= 4 is 11.8 Å². The third-order valence-corrected chi connectivity index (χ3v) is 4.41. The first-order chi connectivity index (χ1) is 8.68. The molecule has 2 N–H and O–H groups in total. The molecule has 0 bridgehead atoms. The Kier molecular flexibility index (Phi) is 5.03. The SMILES string of the molecule is CC(N)C(c1ccc(F)cc1)N1CCCSCC1. The molecular formula is C14H21FN2S. The van der Waals surface area contributed by atoms with Crippen LogP contribution >= 0.6 is 11.8 Å². The standard InChI is InChI=1S/C14H21FN2S/c1-11(16)14(12-3-5-13(15)6-4-12)17-7-2-9-18-10-8-17/h3-6,11,14H,2,7-10,16H2,1H3. The summed E-state index contributed by atoms with van der Waals surface area (Å²) in [6.07, 6.45) is 1.20. The summed E-state index contributed by atoms with van der Waals surface area (Å²) in [5.41, 5.74) is 7.27. The summed E-state index contributed by atoms with van der Waals surface area (Å²) in [7, 11) is 0. The molecule has 2 nitrogen and oxygen atoms in total. The van der Waals surface area contributed by atoms with Crippen molar-refractivity contribution in [3.8, 4) is 0 Å². The number of benzene rings is 1. The second-order valence-electron chi connectivity index (χ2n) is 4.86. The molecule has 2 rings (SSSR count). The average Bonchev–Trinajstić information content (AvgIpc) is 2.60. The third kappa shape index (κ3) is 3.46. The molecule has 1 saturated heterocycles. The number of hydrogen-bond acceptors (Lipinski definition) is 3. The number of hydrogen-bond donors (Lipinski definition) is 1. The highest BCUT2D eigenvalue weighted by Gasteiger charge is 2.24. The lowest BCUT2D eigenvalue weighted by atomic mass is 9.99. The van der Waals surface area contributed by atoms with Crippen LogP contribution in [0, 0.1) is 5.82 Å². The molecule has 18 heavy (non-hydrogen) atoms. The van der Waals surface area contributed by atoms with Gasteiger partial charge >= 0.3 is 0 Å². The van der Waals surface area contributed by atoms with Crippen molar-refractivity contribution in [3.63, 3.8) is 0 Å². The van der Waals surface area contributed by atoms with Crippen LogP contribution in [0.1, 0.15) is 24.9 Å². The van der Waals surface area contributed by atoms with Crippen LogP contribution in [0.3, 0.4) is 0 Å². The van der Waals surface area contributed by atoms with Gasteiger partial charge in [-0.2, -0.15) is 11.8 Å². The topological polar surface area (TPSA) is 29.3 Å². The van der Waals surface area contributed by atoms with Crippen LogP contribution in [0.2, 0.25) is 0 Å². The lowest BCUT2D eigenvalue weighted by Gasteiger charge is -2.33. The van der Waals surface area contributed by atoms with Gasteiger partial charge in [0.1, 0.15) is 5.82 Å². The normalized spacial score (nSPS) is 21.3. The van der Waals surface area contributed by atoms with E-state index >= 15 is 0 Å². The van der Waals surface area contributed by atoms with E-state index in [1.807, 2.05) is 30.8 Å². The molecule has 0 aliphatic carbocycles. The first-order valence-corrected chi connectivity index (χ1v) is 7.67. The third-order valence-electron chi connectivity index (χ3n) is 3.36. The van der Waals surface area contributed by atoms with Crippen LogP contribution < -0.4 is 5.73 Å². The Bertz CT molecular complexity index is 359. The minimum absolute atomic E-state index is 0.0542. The van der Waals surface area contributed by atoms with Crippen LogP contribution in [-0.2, 0) is 0 Å². The largest absolute Gasteiger partial charge is 0.326 e. The van der Waals surface area contributed by atoms with Crippen molar-refractivity contribution in [2.45, 2.75) is 25.4 Å². The molecule has 1 aromatic carbocycles. The molecule has 100 valence electrons. The molecule has 2 unspecified atom stereocenters. The molecule has 1 heterocycles. The summed E-state index contributed by atoms with van der Waals surface area (Å²) in [5.74, 6) is 2.20. The monoisotopic (exact) mass is 268 g/mol. The van der Waals surface area contributed by atoms with Gasteiger partial charge in [-0.25, -0.2) is 4.39 Å². The lowest BCUT2D eigenvalue weighted by Crippen LogP contribution is -2.40. The average molecular weight is 268 g/mol. The molecule has 0 spiro atoms. The highest BCUT2D eigenvalue weighted by Crippen LogP contribution is 2.26. The predicted octanol–water partition coefficient (Wildman–Crippen LogP) is 2.65. The highest BCUT2D eigenvalue weighted by molar-refractivity contribution is 7.99. The summed E-state index contributed by atoms with van der Waals surface area (Å²) in [6, 6.07) is 7.03. The zero-order chi connectivity index (χ0) is 13.0. The molecule has 1 aliphatic rings. The maximum atomic E-state index is 13.0. The van der Waals surface area contributed by atoms with Crippen LogP contribution in [0.25, 0.3) is 0 Å². The van der Waals surface area contributed by atoms with Gasteiger partial charge in [0.2, 0.25) is 0 Å². The Morgan fingerprint density at radius 3 is 2.61 bits per heavy atom. The van der Waals surface area contributed by atoms with Crippen molar-refractivity contribution in [2.24, 2.45) is 5.73 Å². The van der Waals surface area contributed by atoms with Crippen LogP contribution in [-0.4, -0.2) is 35.5 Å². The van der Waals surface area contributed by atoms with Crippen LogP contribution in [0.5, 0.6) is 0 Å². The van der Waals surface area contributed by atoms with Crippen molar-refractivity contribution in [3.05, 3.63) is 35.6 Å². The van der Waals surface area contributed by atoms with Gasteiger partial charge in [-0.3, -0.25) is 4.90 Å². The van der Waals surface area contributed by atoms with Gasteiger partial charge in [0.25, 0.3) is 0 Å². The fraction of sp³-hybridized carbons (Fsp3) is 0.571. The van der Waals surface area contributed by atoms with Gasteiger partial charge < -0.3 is 5.73 Å². The number of nitrogens with two attached hydrogens (primary N) is 1. The fourth-order valence-electron chi connectivity index (χ4n) is 2.55. The van der Waals surface area contributed by atoms with Gasteiger partial charge in [-0.1, -0.05) is 12.1 Å². The van der Waals surface area contributed by atoms with E-state index in [0.29, 0.717) is 0 Å². The number of nitrogens with zero attached hydrogens (tertiary/aromatic N) is 1. The summed E-state index contributed by atoms with van der Waals surface area (Å²) in [5, 5.41) is 0. The van der Waals surface area contributed by atoms with Gasteiger partial charge in [-0.15, -0.1) is 0 Å². The fourth-order valence-corrected chi connectivity index (χ4v) is 3.45. The summed E-state index contributed by atoms with van der Waals surface area (Å²) < 4.78 is 13.0. The highest BCUT2D eigenvalue weighted by atomic mass is 32.2. The van der Waals surface area contributed by atoms with Crippen LogP contribution in [0.4, 0.5) is 4.39 Å². The lowest BCUT2D eigenvalue weighted by molar-refractivity contribution is 0.190. The van der Waals surface area contributed by atoms with Gasteiger partial charge in [-0.05, 0) is 43.3 Å². The first-order valence-electron chi connectivity index (χ1n) is 6.51. The van der Waals surface area contributed by atoms with Crippen molar-refractivity contribution < 1.29 is 4.39 Å². The minimum atomic E-state index is -0.186. The number of rotatable bonds is 3. The Balaban J connectivity index is 2.18. The second-order valence-corrected chi connectivity index (χ2v) is 6.08. The van der Waals surface area contributed by atoms with E-state index in [1.54, 1.807) is 0 Å². The summed E-state index contributed by atoms with van der Waals surface area (Å²) >= 11 is 2.00. The number of halogens is 1. The van der Waals surface area contributed by atoms with Crippen molar-refractivity contribution in [1.29, 1.82) is 0 Å². The van der Waals surface area contributed by atoms with E-state index in [0.717, 1.165) is 24.4 Å². The minimum Gasteiger partial charge on any atom is -0.326 e. The smallest absolute Gasteiger partial charge is 0.123 e. The molecule has 4 heteroatoms. The Hall–Kier alpha value is -0.580. The van der Waals surface area contributed by atoms with Crippen molar-refractivity contribution in [2.75, 3.05) is 24.6 Å². The van der Waals surface area contributed by atoms with Crippen molar-refractivity contribution in [1.82, 2.24) is 4.90 Å². The molecule has 1 fully saturated rings. The Morgan fingerprint density at radius 1 is 1.22 bits per heavy atom. The van der Waals surface area contributed by atoms with E-state index in [4.69, 9.17) is 5.73 Å².